The molecule has 0 aliphatic rings. The molecule has 0 fully saturated rings. The van der Waals surface area contributed by atoms with Crippen molar-refractivity contribution in [1.29, 1.82) is 5.26 Å². The van der Waals surface area contributed by atoms with Gasteiger partial charge < -0.3 is 14.8 Å². The third-order valence-electron chi connectivity index (χ3n) is 2.54. The number of anilines is 1. The van der Waals surface area contributed by atoms with Gasteiger partial charge in [-0.25, -0.2) is 4.79 Å². The van der Waals surface area contributed by atoms with Crippen LogP contribution in [-0.2, 0) is 9.53 Å². The quantitative estimate of drug-likeness (QED) is 0.648. The van der Waals surface area contributed by atoms with Crippen molar-refractivity contribution < 1.29 is 14.3 Å². The highest BCUT2D eigenvalue weighted by molar-refractivity contribution is 5.87. The zero-order valence-corrected chi connectivity index (χ0v) is 11.2. The standard InChI is InChI=1S/C14H16N2O3/c1-10(14(17)19-3)6-7-16-12-5-4-11(9-15)8-13(12)18-2/h4-6,8,16H,7H2,1-3H3/b10-6+. The van der Waals surface area contributed by atoms with Crippen molar-refractivity contribution in [3.05, 3.63) is 35.4 Å². The van der Waals surface area contributed by atoms with E-state index >= 15 is 0 Å². The van der Waals surface area contributed by atoms with Gasteiger partial charge in [0, 0.05) is 18.2 Å². The molecule has 0 heterocycles. The molecule has 1 rings (SSSR count). The number of esters is 1. The lowest BCUT2D eigenvalue weighted by Gasteiger charge is -2.10. The number of carbonyl (C=O) groups is 1. The lowest BCUT2D eigenvalue weighted by molar-refractivity contribution is -0.136. The second-order valence-electron chi connectivity index (χ2n) is 3.79. The first-order chi connectivity index (χ1) is 9.12. The molecule has 0 radical (unpaired) electrons. The average molecular weight is 260 g/mol. The number of benzene rings is 1. The van der Waals surface area contributed by atoms with Crippen LogP contribution in [0.25, 0.3) is 0 Å². The maximum absolute atomic E-state index is 11.2. The molecule has 0 amide bonds. The first-order valence-corrected chi connectivity index (χ1v) is 5.69. The van der Waals surface area contributed by atoms with Gasteiger partial charge in [-0.1, -0.05) is 6.08 Å². The molecule has 1 aromatic carbocycles. The normalized spacial score (nSPS) is 10.5. The van der Waals surface area contributed by atoms with Gasteiger partial charge in [0.2, 0.25) is 0 Å². The first kappa shape index (κ1) is 14.6. The summed E-state index contributed by atoms with van der Waals surface area (Å²) in [5.74, 6) is 0.233. The summed E-state index contributed by atoms with van der Waals surface area (Å²) in [5, 5.41) is 11.9. The zero-order chi connectivity index (χ0) is 14.3. The van der Waals surface area contributed by atoms with Crippen LogP contribution in [0.4, 0.5) is 5.69 Å². The minimum Gasteiger partial charge on any atom is -0.495 e. The molecule has 100 valence electrons. The Hall–Kier alpha value is -2.48. The fourth-order valence-corrected chi connectivity index (χ4v) is 1.47. The van der Waals surface area contributed by atoms with Crippen LogP contribution in [0.5, 0.6) is 5.75 Å². The van der Waals surface area contributed by atoms with E-state index in [0.717, 1.165) is 5.69 Å². The summed E-state index contributed by atoms with van der Waals surface area (Å²) in [6.45, 7) is 2.15. The molecule has 0 saturated heterocycles. The van der Waals surface area contributed by atoms with Gasteiger partial charge in [0.25, 0.3) is 0 Å². The van der Waals surface area contributed by atoms with Gasteiger partial charge in [-0.15, -0.1) is 0 Å². The molecule has 19 heavy (non-hydrogen) atoms. The average Bonchev–Trinajstić information content (AvgIpc) is 2.46. The highest BCUT2D eigenvalue weighted by Crippen LogP contribution is 2.25. The Morgan fingerprint density at radius 1 is 1.47 bits per heavy atom. The molecule has 0 aliphatic heterocycles. The van der Waals surface area contributed by atoms with Gasteiger partial charge in [-0.2, -0.15) is 5.26 Å². The predicted octanol–water partition coefficient (Wildman–Crippen LogP) is 2.10. The van der Waals surface area contributed by atoms with Gasteiger partial charge in [-0.3, -0.25) is 0 Å². The van der Waals surface area contributed by atoms with Crippen LogP contribution in [-0.4, -0.2) is 26.7 Å². The van der Waals surface area contributed by atoms with Crippen molar-refractivity contribution in [3.63, 3.8) is 0 Å². The van der Waals surface area contributed by atoms with E-state index in [9.17, 15) is 4.79 Å². The molecule has 0 spiro atoms. The Balaban J connectivity index is 2.73. The summed E-state index contributed by atoms with van der Waals surface area (Å²) >= 11 is 0. The smallest absolute Gasteiger partial charge is 0.333 e. The molecule has 0 aliphatic carbocycles. The van der Waals surface area contributed by atoms with Gasteiger partial charge in [0.1, 0.15) is 5.75 Å². The summed E-state index contributed by atoms with van der Waals surface area (Å²) < 4.78 is 9.78. The van der Waals surface area contributed by atoms with Crippen molar-refractivity contribution >= 4 is 11.7 Å². The Kier molecular flexibility index (Phi) is 5.42. The maximum Gasteiger partial charge on any atom is 0.333 e. The molecule has 5 nitrogen and oxygen atoms in total. The Labute approximate surface area is 112 Å². The van der Waals surface area contributed by atoms with Gasteiger partial charge >= 0.3 is 5.97 Å². The molecule has 5 heteroatoms. The second-order valence-corrected chi connectivity index (χ2v) is 3.79. The van der Waals surface area contributed by atoms with Gasteiger partial charge in [0.05, 0.1) is 31.5 Å². The Bertz CT molecular complexity index is 530. The largest absolute Gasteiger partial charge is 0.495 e. The van der Waals surface area contributed by atoms with Crippen molar-refractivity contribution in [2.75, 3.05) is 26.1 Å². The number of rotatable bonds is 5. The van der Waals surface area contributed by atoms with Crippen molar-refractivity contribution in [2.24, 2.45) is 0 Å². The predicted molar refractivity (Wildman–Crippen MR) is 72.0 cm³/mol. The van der Waals surface area contributed by atoms with Gasteiger partial charge in [0.15, 0.2) is 0 Å². The molecular weight excluding hydrogens is 244 g/mol. The fraction of sp³-hybridized carbons (Fsp3) is 0.286. The number of hydrogen-bond donors (Lipinski definition) is 1. The summed E-state index contributed by atoms with van der Waals surface area (Å²) in [6.07, 6.45) is 1.73. The zero-order valence-electron chi connectivity index (χ0n) is 11.2. The molecule has 0 atom stereocenters. The Morgan fingerprint density at radius 3 is 2.79 bits per heavy atom. The summed E-state index contributed by atoms with van der Waals surface area (Å²) in [6, 6.07) is 7.16. The molecule has 1 aromatic rings. The fourth-order valence-electron chi connectivity index (χ4n) is 1.47. The minimum absolute atomic E-state index is 0.353. The van der Waals surface area contributed by atoms with E-state index in [1.54, 1.807) is 31.2 Å². The highest BCUT2D eigenvalue weighted by atomic mass is 16.5. The van der Waals surface area contributed by atoms with Crippen LogP contribution in [0.3, 0.4) is 0 Å². The molecule has 1 N–H and O–H groups in total. The van der Waals surface area contributed by atoms with Crippen molar-refractivity contribution in [3.8, 4) is 11.8 Å². The molecule has 0 saturated carbocycles. The van der Waals surface area contributed by atoms with Crippen LogP contribution in [0.1, 0.15) is 12.5 Å². The topological polar surface area (TPSA) is 71.3 Å². The van der Waals surface area contributed by atoms with E-state index in [0.29, 0.717) is 23.4 Å². The van der Waals surface area contributed by atoms with E-state index in [-0.39, 0.29) is 5.97 Å². The molecule has 0 bridgehead atoms. The number of methoxy groups -OCH3 is 2. The maximum atomic E-state index is 11.2. The monoisotopic (exact) mass is 260 g/mol. The second kappa shape index (κ2) is 7.07. The summed E-state index contributed by atoms with van der Waals surface area (Å²) in [7, 11) is 2.88. The van der Waals surface area contributed by atoms with Crippen molar-refractivity contribution in [1.82, 2.24) is 0 Å². The molecular formula is C14H16N2O3. The number of hydrogen-bond acceptors (Lipinski definition) is 5. The lowest BCUT2D eigenvalue weighted by Crippen LogP contribution is -2.06. The summed E-state index contributed by atoms with van der Waals surface area (Å²) in [5.41, 5.74) is 1.82. The SMILES string of the molecule is COC(=O)/C(C)=C/CNc1ccc(C#N)cc1OC. The van der Waals surface area contributed by atoms with Gasteiger partial charge in [-0.05, 0) is 19.1 Å². The van der Waals surface area contributed by atoms with E-state index in [4.69, 9.17) is 10.00 Å². The number of ether oxygens (including phenoxy) is 2. The molecule has 0 unspecified atom stereocenters. The number of nitrogens with zero attached hydrogens (tertiary/aromatic N) is 1. The van der Waals surface area contributed by atoms with Crippen LogP contribution >= 0.6 is 0 Å². The third kappa shape index (κ3) is 4.03. The first-order valence-electron chi connectivity index (χ1n) is 5.69. The molecule has 0 aromatic heterocycles. The number of nitriles is 1. The highest BCUT2D eigenvalue weighted by Gasteiger charge is 2.04. The van der Waals surface area contributed by atoms with E-state index < -0.39 is 0 Å². The third-order valence-corrected chi connectivity index (χ3v) is 2.54. The van der Waals surface area contributed by atoms with E-state index in [2.05, 4.69) is 10.1 Å². The lowest BCUT2D eigenvalue weighted by atomic mass is 10.2. The minimum atomic E-state index is -0.353. The van der Waals surface area contributed by atoms with E-state index in [1.807, 2.05) is 6.07 Å². The van der Waals surface area contributed by atoms with Crippen LogP contribution < -0.4 is 10.1 Å². The van der Waals surface area contributed by atoms with Crippen LogP contribution in [0.15, 0.2) is 29.8 Å². The van der Waals surface area contributed by atoms with Crippen molar-refractivity contribution in [2.45, 2.75) is 6.92 Å². The van der Waals surface area contributed by atoms with E-state index in [1.165, 1.54) is 14.2 Å². The van der Waals surface area contributed by atoms with Crippen LogP contribution in [0, 0.1) is 11.3 Å². The Morgan fingerprint density at radius 2 is 2.21 bits per heavy atom. The number of carbonyl (C=O) groups excluding carboxylic acids is 1. The number of nitrogens with one attached hydrogen (secondary N) is 1. The van der Waals surface area contributed by atoms with Crippen LogP contribution in [0.2, 0.25) is 0 Å². The summed E-state index contributed by atoms with van der Waals surface area (Å²) in [4.78, 5) is 11.2.